The fourth-order valence-electron chi connectivity index (χ4n) is 3.30. The molecule has 0 aliphatic heterocycles. The molecule has 0 radical (unpaired) electrons. The third-order valence-electron chi connectivity index (χ3n) is 4.43. The first-order valence-corrected chi connectivity index (χ1v) is 9.46. The number of hydrogen-bond donors (Lipinski definition) is 1. The highest BCUT2D eigenvalue weighted by Crippen LogP contribution is 2.29. The summed E-state index contributed by atoms with van der Waals surface area (Å²) in [6, 6.07) is 4.88. The highest BCUT2D eigenvalue weighted by molar-refractivity contribution is 7.16. The summed E-state index contributed by atoms with van der Waals surface area (Å²) in [5.74, 6) is 0.850. The Hall–Kier alpha value is -0.0500. The second-order valence-electron chi connectivity index (χ2n) is 6.08. The molecule has 1 aliphatic carbocycles. The van der Waals surface area contributed by atoms with Crippen molar-refractivity contribution in [3.05, 3.63) is 21.3 Å². The van der Waals surface area contributed by atoms with Crippen LogP contribution in [-0.4, -0.2) is 12.6 Å². The van der Waals surface area contributed by atoms with Crippen LogP contribution < -0.4 is 5.32 Å². The normalized spacial score (nSPS) is 19.5. The van der Waals surface area contributed by atoms with Crippen LogP contribution in [0.25, 0.3) is 0 Å². The van der Waals surface area contributed by atoms with E-state index < -0.39 is 0 Å². The highest BCUT2D eigenvalue weighted by atomic mass is 35.5. The zero-order chi connectivity index (χ0) is 14.2. The summed E-state index contributed by atoms with van der Waals surface area (Å²) in [5.41, 5.74) is 0. The first-order chi connectivity index (χ1) is 9.79. The van der Waals surface area contributed by atoms with E-state index in [-0.39, 0.29) is 0 Å². The van der Waals surface area contributed by atoms with Gasteiger partial charge in [0.15, 0.2) is 0 Å². The Kier molecular flexibility index (Phi) is 7.40. The van der Waals surface area contributed by atoms with Gasteiger partial charge in [-0.05, 0) is 50.3 Å². The van der Waals surface area contributed by atoms with Crippen molar-refractivity contribution in [3.63, 3.8) is 0 Å². The van der Waals surface area contributed by atoms with Crippen LogP contribution in [0.3, 0.4) is 0 Å². The fraction of sp³-hybridized carbons (Fsp3) is 0.765. The van der Waals surface area contributed by atoms with Crippen LogP contribution in [0.4, 0.5) is 0 Å². The monoisotopic (exact) mass is 313 g/mol. The van der Waals surface area contributed by atoms with Crippen molar-refractivity contribution >= 4 is 22.9 Å². The summed E-state index contributed by atoms with van der Waals surface area (Å²) >= 11 is 7.83. The molecule has 1 atom stereocenters. The summed E-state index contributed by atoms with van der Waals surface area (Å²) in [4.78, 5) is 1.44. The summed E-state index contributed by atoms with van der Waals surface area (Å²) in [7, 11) is 0. The smallest absolute Gasteiger partial charge is 0.0931 e. The van der Waals surface area contributed by atoms with E-state index in [0.717, 1.165) is 23.2 Å². The predicted octanol–water partition coefficient (Wildman–Crippen LogP) is 5.67. The van der Waals surface area contributed by atoms with Crippen molar-refractivity contribution in [1.29, 1.82) is 0 Å². The molecule has 0 spiro atoms. The Bertz CT molecular complexity index is 369. The van der Waals surface area contributed by atoms with Gasteiger partial charge in [-0.15, -0.1) is 11.3 Å². The Morgan fingerprint density at radius 2 is 1.90 bits per heavy atom. The maximum Gasteiger partial charge on any atom is 0.0931 e. The summed E-state index contributed by atoms with van der Waals surface area (Å²) < 4.78 is 0.923. The average molecular weight is 314 g/mol. The van der Waals surface area contributed by atoms with Crippen molar-refractivity contribution in [1.82, 2.24) is 5.32 Å². The molecule has 20 heavy (non-hydrogen) atoms. The lowest BCUT2D eigenvalue weighted by Crippen LogP contribution is -2.38. The Labute approximate surface area is 133 Å². The fourth-order valence-corrected chi connectivity index (χ4v) is 4.45. The minimum atomic E-state index is 0.641. The zero-order valence-electron chi connectivity index (χ0n) is 12.7. The van der Waals surface area contributed by atoms with Crippen molar-refractivity contribution < 1.29 is 0 Å². The van der Waals surface area contributed by atoms with E-state index in [1.165, 1.54) is 56.2 Å². The van der Waals surface area contributed by atoms with Crippen molar-refractivity contribution in [2.75, 3.05) is 6.54 Å². The number of hydrogen-bond acceptors (Lipinski definition) is 2. The van der Waals surface area contributed by atoms with E-state index in [0.29, 0.717) is 6.04 Å². The quantitative estimate of drug-likeness (QED) is 0.713. The second-order valence-corrected chi connectivity index (χ2v) is 7.88. The van der Waals surface area contributed by atoms with Gasteiger partial charge in [0.2, 0.25) is 0 Å². The SMILES string of the molecule is CCCNC(Cc1ccc(Cl)s1)C1CCCCCCC1. The second kappa shape index (κ2) is 9.07. The van der Waals surface area contributed by atoms with E-state index in [1.807, 2.05) is 6.07 Å². The highest BCUT2D eigenvalue weighted by Gasteiger charge is 2.22. The molecule has 0 aromatic carbocycles. The van der Waals surface area contributed by atoms with E-state index >= 15 is 0 Å². The number of halogens is 1. The van der Waals surface area contributed by atoms with Crippen molar-refractivity contribution in [2.24, 2.45) is 5.92 Å². The van der Waals surface area contributed by atoms with Gasteiger partial charge >= 0.3 is 0 Å². The molecular weight excluding hydrogens is 286 g/mol. The van der Waals surface area contributed by atoms with E-state index in [2.05, 4.69) is 18.3 Å². The lowest BCUT2D eigenvalue weighted by atomic mass is 9.84. The molecule has 114 valence electrons. The van der Waals surface area contributed by atoms with Gasteiger partial charge in [0.1, 0.15) is 0 Å². The summed E-state index contributed by atoms with van der Waals surface area (Å²) in [5, 5.41) is 3.81. The molecule has 0 saturated heterocycles. The molecule has 1 fully saturated rings. The Morgan fingerprint density at radius 3 is 2.50 bits per heavy atom. The lowest BCUT2D eigenvalue weighted by Gasteiger charge is -2.29. The van der Waals surface area contributed by atoms with Gasteiger partial charge in [-0.1, -0.05) is 50.6 Å². The van der Waals surface area contributed by atoms with Gasteiger partial charge < -0.3 is 5.32 Å². The van der Waals surface area contributed by atoms with Crippen LogP contribution >= 0.6 is 22.9 Å². The van der Waals surface area contributed by atoms with Gasteiger partial charge in [-0.3, -0.25) is 0 Å². The molecule has 1 N–H and O–H groups in total. The lowest BCUT2D eigenvalue weighted by molar-refractivity contribution is 0.284. The average Bonchev–Trinajstić information content (AvgIpc) is 2.80. The van der Waals surface area contributed by atoms with Crippen LogP contribution in [-0.2, 0) is 6.42 Å². The topological polar surface area (TPSA) is 12.0 Å². The van der Waals surface area contributed by atoms with Crippen LogP contribution in [0.1, 0.15) is 63.2 Å². The molecule has 1 aromatic rings. The van der Waals surface area contributed by atoms with Crippen LogP contribution in [0.2, 0.25) is 4.34 Å². The predicted molar refractivity (Wildman–Crippen MR) is 90.9 cm³/mol. The molecular formula is C17H28ClNS. The maximum atomic E-state index is 6.08. The first kappa shape index (κ1) is 16.3. The van der Waals surface area contributed by atoms with Gasteiger partial charge in [0.25, 0.3) is 0 Å². The molecule has 2 rings (SSSR count). The molecule has 1 nitrogen and oxygen atoms in total. The standard InChI is InChI=1S/C17H28ClNS/c1-2-12-19-16(13-15-10-11-17(18)20-15)14-8-6-4-3-5-7-9-14/h10-11,14,16,19H,2-9,12-13H2,1H3. The number of nitrogens with one attached hydrogen (secondary N) is 1. The molecule has 3 heteroatoms. The third kappa shape index (κ3) is 5.38. The molecule has 1 unspecified atom stereocenters. The molecule has 0 bridgehead atoms. The van der Waals surface area contributed by atoms with Gasteiger partial charge in [0, 0.05) is 10.9 Å². The molecule has 1 aromatic heterocycles. The first-order valence-electron chi connectivity index (χ1n) is 8.27. The van der Waals surface area contributed by atoms with Crippen molar-refractivity contribution in [3.8, 4) is 0 Å². The largest absolute Gasteiger partial charge is 0.313 e. The molecule has 1 heterocycles. The Morgan fingerprint density at radius 1 is 1.20 bits per heavy atom. The minimum Gasteiger partial charge on any atom is -0.313 e. The number of thiophene rings is 1. The van der Waals surface area contributed by atoms with Crippen molar-refractivity contribution in [2.45, 2.75) is 70.8 Å². The molecule has 1 aliphatic rings. The maximum absolute atomic E-state index is 6.08. The van der Waals surface area contributed by atoms with Gasteiger partial charge in [-0.2, -0.15) is 0 Å². The molecule has 0 amide bonds. The van der Waals surface area contributed by atoms with E-state index in [1.54, 1.807) is 11.3 Å². The minimum absolute atomic E-state index is 0.641. The van der Waals surface area contributed by atoms with E-state index in [4.69, 9.17) is 11.6 Å². The molecule has 1 saturated carbocycles. The van der Waals surface area contributed by atoms with Crippen LogP contribution in [0, 0.1) is 5.92 Å². The Balaban J connectivity index is 1.96. The summed E-state index contributed by atoms with van der Waals surface area (Å²) in [6.07, 6.45) is 12.3. The third-order valence-corrected chi connectivity index (χ3v) is 5.68. The van der Waals surface area contributed by atoms with Gasteiger partial charge in [-0.25, -0.2) is 0 Å². The van der Waals surface area contributed by atoms with Crippen LogP contribution in [0.5, 0.6) is 0 Å². The van der Waals surface area contributed by atoms with Crippen LogP contribution in [0.15, 0.2) is 12.1 Å². The summed E-state index contributed by atoms with van der Waals surface area (Å²) in [6.45, 7) is 3.39. The van der Waals surface area contributed by atoms with Gasteiger partial charge in [0.05, 0.1) is 4.34 Å². The number of rotatable bonds is 6. The van der Waals surface area contributed by atoms with E-state index in [9.17, 15) is 0 Å². The zero-order valence-corrected chi connectivity index (χ0v) is 14.2.